The average molecular weight is 297 g/mol. The lowest BCUT2D eigenvalue weighted by molar-refractivity contribution is 0.257. The molecule has 0 heterocycles. The zero-order valence-electron chi connectivity index (χ0n) is 11.9. The number of rotatable bonds is 5. The molecule has 0 spiro atoms. The monoisotopic (exact) mass is 297 g/mol. The first-order valence-electron chi connectivity index (χ1n) is 7.23. The van der Waals surface area contributed by atoms with Crippen LogP contribution in [0, 0.1) is 11.8 Å². The van der Waals surface area contributed by atoms with E-state index in [-0.39, 0.29) is 11.5 Å². The predicted molar refractivity (Wildman–Crippen MR) is 78.7 cm³/mol. The summed E-state index contributed by atoms with van der Waals surface area (Å²) in [6.07, 6.45) is 4.70. The fraction of sp³-hybridized carbons (Fsp3) is 0.600. The van der Waals surface area contributed by atoms with E-state index in [0.29, 0.717) is 23.9 Å². The Morgan fingerprint density at radius 2 is 1.95 bits per heavy atom. The highest BCUT2D eigenvalue weighted by Crippen LogP contribution is 2.29. The first kappa shape index (κ1) is 15.5. The number of nitrogens with one attached hydrogen (secondary N) is 1. The molecule has 0 aromatic heterocycles. The maximum atomic E-state index is 12.3. The highest BCUT2D eigenvalue weighted by Gasteiger charge is 2.24. The molecule has 1 saturated carbocycles. The van der Waals surface area contributed by atoms with Gasteiger partial charge in [-0.1, -0.05) is 44.4 Å². The van der Waals surface area contributed by atoms with Gasteiger partial charge in [-0.25, -0.2) is 13.1 Å². The summed E-state index contributed by atoms with van der Waals surface area (Å²) < 4.78 is 27.4. The molecule has 1 aliphatic rings. The second kappa shape index (κ2) is 6.70. The minimum Gasteiger partial charge on any atom is -0.392 e. The molecule has 0 aliphatic heterocycles. The number of sulfonamides is 1. The van der Waals surface area contributed by atoms with E-state index in [1.165, 1.54) is 25.3 Å². The first-order valence-corrected chi connectivity index (χ1v) is 8.71. The van der Waals surface area contributed by atoms with Gasteiger partial charge in [-0.15, -0.1) is 0 Å². The largest absolute Gasteiger partial charge is 0.392 e. The van der Waals surface area contributed by atoms with E-state index in [2.05, 4.69) is 11.6 Å². The van der Waals surface area contributed by atoms with Crippen LogP contribution in [-0.4, -0.2) is 20.1 Å². The van der Waals surface area contributed by atoms with Crippen LogP contribution in [0.3, 0.4) is 0 Å². The molecule has 1 fully saturated rings. The van der Waals surface area contributed by atoms with Gasteiger partial charge in [0.2, 0.25) is 10.0 Å². The van der Waals surface area contributed by atoms with Gasteiger partial charge < -0.3 is 5.11 Å². The highest BCUT2D eigenvalue weighted by atomic mass is 32.2. The third-order valence-electron chi connectivity index (χ3n) is 4.26. The van der Waals surface area contributed by atoms with Crippen molar-refractivity contribution in [1.29, 1.82) is 0 Å². The highest BCUT2D eigenvalue weighted by molar-refractivity contribution is 7.89. The lowest BCUT2D eigenvalue weighted by Crippen LogP contribution is -2.33. The van der Waals surface area contributed by atoms with Crippen LogP contribution in [0.4, 0.5) is 0 Å². The van der Waals surface area contributed by atoms with Crippen LogP contribution >= 0.6 is 0 Å². The van der Waals surface area contributed by atoms with Crippen molar-refractivity contribution in [2.75, 3.05) is 6.54 Å². The molecular weight excluding hydrogens is 274 g/mol. The maximum Gasteiger partial charge on any atom is 0.240 e. The Hall–Kier alpha value is -0.910. The van der Waals surface area contributed by atoms with Crippen molar-refractivity contribution < 1.29 is 13.5 Å². The smallest absolute Gasteiger partial charge is 0.240 e. The van der Waals surface area contributed by atoms with Crippen LogP contribution in [-0.2, 0) is 16.6 Å². The van der Waals surface area contributed by atoms with Crippen molar-refractivity contribution >= 4 is 10.0 Å². The molecule has 2 N–H and O–H groups in total. The molecule has 2 rings (SSSR count). The van der Waals surface area contributed by atoms with Crippen LogP contribution < -0.4 is 4.72 Å². The lowest BCUT2D eigenvalue weighted by atomic mass is 9.81. The van der Waals surface area contributed by atoms with Gasteiger partial charge in [-0.3, -0.25) is 0 Å². The van der Waals surface area contributed by atoms with Crippen molar-refractivity contribution in [3.8, 4) is 0 Å². The first-order chi connectivity index (χ1) is 9.54. The van der Waals surface area contributed by atoms with Crippen LogP contribution in [0.2, 0.25) is 0 Å². The van der Waals surface area contributed by atoms with E-state index in [9.17, 15) is 13.5 Å². The fourth-order valence-corrected chi connectivity index (χ4v) is 4.21. The number of aliphatic hydroxyl groups excluding tert-OH is 1. The van der Waals surface area contributed by atoms with E-state index in [1.807, 2.05) is 0 Å². The van der Waals surface area contributed by atoms with Crippen molar-refractivity contribution in [3.05, 3.63) is 29.8 Å². The quantitative estimate of drug-likeness (QED) is 0.876. The summed E-state index contributed by atoms with van der Waals surface area (Å²) >= 11 is 0. The molecule has 2 atom stereocenters. The van der Waals surface area contributed by atoms with Gasteiger partial charge in [-0.05, 0) is 29.9 Å². The molecule has 4 nitrogen and oxygen atoms in total. The summed E-state index contributed by atoms with van der Waals surface area (Å²) in [5.41, 5.74) is 0.441. The second-order valence-electron chi connectivity index (χ2n) is 5.64. The van der Waals surface area contributed by atoms with E-state index in [0.717, 1.165) is 6.42 Å². The topological polar surface area (TPSA) is 66.4 Å². The van der Waals surface area contributed by atoms with Crippen LogP contribution in [0.15, 0.2) is 29.2 Å². The van der Waals surface area contributed by atoms with Gasteiger partial charge in [0.15, 0.2) is 0 Å². The van der Waals surface area contributed by atoms with Crippen molar-refractivity contribution in [2.45, 2.75) is 44.1 Å². The van der Waals surface area contributed by atoms with Crippen LogP contribution in [0.1, 0.15) is 38.2 Å². The van der Waals surface area contributed by atoms with Crippen molar-refractivity contribution in [3.63, 3.8) is 0 Å². The Balaban J connectivity index is 2.07. The molecule has 1 aromatic carbocycles. The molecule has 0 amide bonds. The molecule has 1 aromatic rings. The Labute approximate surface area is 121 Å². The molecule has 0 radical (unpaired) electrons. The second-order valence-corrected chi connectivity index (χ2v) is 7.37. The van der Waals surface area contributed by atoms with Gasteiger partial charge in [0.25, 0.3) is 0 Å². The summed E-state index contributed by atoms with van der Waals surface area (Å²) in [6, 6.07) is 6.58. The maximum absolute atomic E-state index is 12.3. The van der Waals surface area contributed by atoms with Crippen LogP contribution in [0.25, 0.3) is 0 Å². The van der Waals surface area contributed by atoms with E-state index >= 15 is 0 Å². The molecular formula is C15H23NO3S. The van der Waals surface area contributed by atoms with Crippen molar-refractivity contribution in [2.24, 2.45) is 11.8 Å². The fourth-order valence-electron chi connectivity index (χ4n) is 2.89. The minimum atomic E-state index is -3.54. The molecule has 0 bridgehead atoms. The van der Waals surface area contributed by atoms with Gasteiger partial charge in [0.1, 0.15) is 0 Å². The standard InChI is InChI=1S/C15H23NO3S/c1-12-6-2-3-7-13(12)10-16-20(18,19)15-9-5-4-8-14(15)11-17/h4-5,8-9,12-13,16-17H,2-3,6-7,10-11H2,1H3. The number of benzene rings is 1. The predicted octanol–water partition coefficient (Wildman–Crippen LogP) is 2.28. The van der Waals surface area contributed by atoms with E-state index in [1.54, 1.807) is 18.2 Å². The Morgan fingerprint density at radius 1 is 1.25 bits per heavy atom. The molecule has 2 unspecified atom stereocenters. The third-order valence-corrected chi connectivity index (χ3v) is 5.78. The van der Waals surface area contributed by atoms with Crippen LogP contribution in [0.5, 0.6) is 0 Å². The Kier molecular flexibility index (Phi) is 5.18. The van der Waals surface area contributed by atoms with E-state index < -0.39 is 10.0 Å². The molecule has 20 heavy (non-hydrogen) atoms. The number of hydrogen-bond donors (Lipinski definition) is 2. The lowest BCUT2D eigenvalue weighted by Gasteiger charge is -2.28. The summed E-state index contributed by atoms with van der Waals surface area (Å²) in [5.74, 6) is 0.986. The molecule has 0 saturated heterocycles. The van der Waals surface area contributed by atoms with Gasteiger partial charge in [0, 0.05) is 6.54 Å². The Morgan fingerprint density at radius 3 is 2.65 bits per heavy atom. The van der Waals surface area contributed by atoms with Crippen molar-refractivity contribution in [1.82, 2.24) is 4.72 Å². The molecule has 1 aliphatic carbocycles. The Bertz CT molecular complexity index is 542. The molecule has 5 heteroatoms. The summed E-state index contributed by atoms with van der Waals surface area (Å²) in [4.78, 5) is 0.186. The SMILES string of the molecule is CC1CCCCC1CNS(=O)(=O)c1ccccc1CO. The number of hydrogen-bond acceptors (Lipinski definition) is 3. The van der Waals surface area contributed by atoms with Gasteiger partial charge >= 0.3 is 0 Å². The zero-order chi connectivity index (χ0) is 14.6. The summed E-state index contributed by atoms with van der Waals surface area (Å²) in [6.45, 7) is 2.42. The summed E-state index contributed by atoms with van der Waals surface area (Å²) in [5, 5.41) is 9.25. The summed E-state index contributed by atoms with van der Waals surface area (Å²) in [7, 11) is -3.54. The average Bonchev–Trinajstić information content (AvgIpc) is 2.46. The van der Waals surface area contributed by atoms with E-state index in [4.69, 9.17) is 0 Å². The molecule has 112 valence electrons. The minimum absolute atomic E-state index is 0.186. The van der Waals surface area contributed by atoms with Gasteiger partial charge in [0.05, 0.1) is 11.5 Å². The normalized spacial score (nSPS) is 23.7. The third kappa shape index (κ3) is 3.59. The van der Waals surface area contributed by atoms with Gasteiger partial charge in [-0.2, -0.15) is 0 Å². The zero-order valence-corrected chi connectivity index (χ0v) is 12.7. The number of aliphatic hydroxyl groups is 1.